The minimum atomic E-state index is -0.917. The van der Waals surface area contributed by atoms with Crippen molar-refractivity contribution in [1.82, 2.24) is 0 Å². The number of carbonyl (C=O) groups is 1. The first-order chi connectivity index (χ1) is 11.1. The normalized spacial score (nSPS) is 20.8. The van der Waals surface area contributed by atoms with Gasteiger partial charge in [-0.3, -0.25) is 14.9 Å². The van der Waals surface area contributed by atoms with Gasteiger partial charge >= 0.3 is 5.97 Å². The molecule has 1 heterocycles. The Morgan fingerprint density at radius 2 is 1.83 bits per heavy atom. The lowest BCUT2D eigenvalue weighted by Gasteiger charge is -2.40. The summed E-state index contributed by atoms with van der Waals surface area (Å²) in [7, 11) is 0. The zero-order valence-corrected chi connectivity index (χ0v) is 15.2. The Kier molecular flexibility index (Phi) is 4.87. The number of nitro groups is 1. The van der Waals surface area contributed by atoms with Crippen molar-refractivity contribution in [1.29, 1.82) is 0 Å². The standard InChI is InChI=1S/C18H25NO5/c1-10-11(2)13(4)17-15(12(10)3)7-8-18(6,24-17)16(9-19(21)22)23-14(5)20/h16H,7-9H2,1-6H3. The van der Waals surface area contributed by atoms with E-state index in [9.17, 15) is 14.9 Å². The molecular weight excluding hydrogens is 310 g/mol. The largest absolute Gasteiger partial charge is 0.483 e. The van der Waals surface area contributed by atoms with Crippen molar-refractivity contribution in [2.75, 3.05) is 6.54 Å². The Balaban J connectivity index is 2.45. The van der Waals surface area contributed by atoms with Crippen LogP contribution in [0.15, 0.2) is 0 Å². The fraction of sp³-hybridized carbons (Fsp3) is 0.611. The van der Waals surface area contributed by atoms with Gasteiger partial charge in [0.15, 0.2) is 0 Å². The van der Waals surface area contributed by atoms with E-state index in [1.165, 1.54) is 18.1 Å². The second-order valence-electron chi connectivity index (χ2n) is 6.84. The molecule has 0 radical (unpaired) electrons. The molecule has 0 fully saturated rings. The summed E-state index contributed by atoms with van der Waals surface area (Å²) in [5.74, 6) is 0.246. The quantitative estimate of drug-likeness (QED) is 0.479. The van der Waals surface area contributed by atoms with Crippen LogP contribution in [0.3, 0.4) is 0 Å². The van der Waals surface area contributed by atoms with E-state index in [4.69, 9.17) is 9.47 Å². The van der Waals surface area contributed by atoms with Crippen LogP contribution in [-0.4, -0.2) is 29.1 Å². The number of esters is 1. The molecule has 0 saturated heterocycles. The number of fused-ring (bicyclic) bond motifs is 1. The molecule has 0 aromatic heterocycles. The zero-order chi connectivity index (χ0) is 18.2. The summed E-state index contributed by atoms with van der Waals surface area (Å²) in [6.45, 7) is 10.8. The Labute approximate surface area is 142 Å². The van der Waals surface area contributed by atoms with Gasteiger partial charge < -0.3 is 9.47 Å². The highest BCUT2D eigenvalue weighted by molar-refractivity contribution is 5.66. The van der Waals surface area contributed by atoms with E-state index in [-0.39, 0.29) is 0 Å². The van der Waals surface area contributed by atoms with Crippen LogP contribution >= 0.6 is 0 Å². The second kappa shape index (κ2) is 6.42. The molecule has 2 rings (SSSR count). The van der Waals surface area contributed by atoms with Crippen LogP contribution in [0.5, 0.6) is 5.75 Å². The first-order valence-corrected chi connectivity index (χ1v) is 8.14. The molecule has 1 aliphatic rings. The van der Waals surface area contributed by atoms with Gasteiger partial charge in [-0.1, -0.05) is 0 Å². The summed E-state index contributed by atoms with van der Waals surface area (Å²) < 4.78 is 11.5. The second-order valence-corrected chi connectivity index (χ2v) is 6.84. The van der Waals surface area contributed by atoms with Gasteiger partial charge in [0.05, 0.1) is 0 Å². The smallest absolute Gasteiger partial charge is 0.303 e. The average Bonchev–Trinajstić information content (AvgIpc) is 2.49. The van der Waals surface area contributed by atoms with Gasteiger partial charge in [0.1, 0.15) is 11.4 Å². The van der Waals surface area contributed by atoms with Gasteiger partial charge in [0.25, 0.3) is 0 Å². The summed E-state index contributed by atoms with van der Waals surface area (Å²) in [4.78, 5) is 21.9. The molecule has 2 unspecified atom stereocenters. The molecule has 6 nitrogen and oxygen atoms in total. The lowest BCUT2D eigenvalue weighted by Crippen LogP contribution is -2.52. The maximum Gasteiger partial charge on any atom is 0.303 e. The number of rotatable bonds is 4. The third kappa shape index (κ3) is 3.23. The Morgan fingerprint density at radius 1 is 1.25 bits per heavy atom. The highest BCUT2D eigenvalue weighted by Gasteiger charge is 2.45. The first kappa shape index (κ1) is 18.2. The average molecular weight is 335 g/mol. The van der Waals surface area contributed by atoms with Crippen LogP contribution in [0.2, 0.25) is 0 Å². The van der Waals surface area contributed by atoms with Crippen LogP contribution < -0.4 is 4.74 Å². The molecule has 2 atom stereocenters. The molecule has 0 spiro atoms. The predicted octanol–water partition coefficient (Wildman–Crippen LogP) is 3.21. The molecule has 1 aromatic carbocycles. The van der Waals surface area contributed by atoms with Gasteiger partial charge in [0.2, 0.25) is 12.6 Å². The van der Waals surface area contributed by atoms with Crippen LogP contribution in [0.25, 0.3) is 0 Å². The Bertz CT molecular complexity index is 681. The molecule has 1 aliphatic heterocycles. The number of carbonyl (C=O) groups excluding carboxylic acids is 1. The lowest BCUT2D eigenvalue weighted by molar-refractivity contribution is -0.494. The van der Waals surface area contributed by atoms with Crippen LogP contribution in [-0.2, 0) is 16.0 Å². The van der Waals surface area contributed by atoms with Crippen molar-refractivity contribution < 1.29 is 19.2 Å². The monoisotopic (exact) mass is 335 g/mol. The molecule has 0 N–H and O–H groups in total. The number of hydrogen-bond donors (Lipinski definition) is 0. The van der Waals surface area contributed by atoms with E-state index in [1.54, 1.807) is 6.92 Å². The summed E-state index contributed by atoms with van der Waals surface area (Å²) in [5, 5.41) is 11.0. The zero-order valence-electron chi connectivity index (χ0n) is 15.2. The molecule has 1 aromatic rings. The van der Waals surface area contributed by atoms with Crippen molar-refractivity contribution in [3.05, 3.63) is 37.9 Å². The minimum Gasteiger partial charge on any atom is -0.483 e. The third-order valence-electron chi connectivity index (χ3n) is 5.27. The van der Waals surface area contributed by atoms with Crippen LogP contribution in [0.4, 0.5) is 0 Å². The van der Waals surface area contributed by atoms with E-state index in [0.29, 0.717) is 6.42 Å². The molecule has 0 amide bonds. The highest BCUT2D eigenvalue weighted by atomic mass is 16.6. The van der Waals surface area contributed by atoms with Gasteiger partial charge in [-0.25, -0.2) is 0 Å². The van der Waals surface area contributed by atoms with Gasteiger partial charge in [-0.05, 0) is 75.3 Å². The van der Waals surface area contributed by atoms with Gasteiger partial charge in [-0.2, -0.15) is 0 Å². The van der Waals surface area contributed by atoms with Crippen molar-refractivity contribution in [3.8, 4) is 5.75 Å². The molecule has 6 heteroatoms. The maximum atomic E-state index is 11.4. The summed E-state index contributed by atoms with van der Waals surface area (Å²) >= 11 is 0. The van der Waals surface area contributed by atoms with Crippen molar-refractivity contribution in [3.63, 3.8) is 0 Å². The van der Waals surface area contributed by atoms with E-state index in [0.717, 1.165) is 28.9 Å². The highest BCUT2D eigenvalue weighted by Crippen LogP contribution is 2.42. The van der Waals surface area contributed by atoms with E-state index in [1.807, 2.05) is 13.8 Å². The summed E-state index contributed by atoms with van der Waals surface area (Å²) in [6.07, 6.45) is 0.392. The number of hydrogen-bond acceptors (Lipinski definition) is 5. The number of nitrogens with zero attached hydrogens (tertiary/aromatic N) is 1. The maximum absolute atomic E-state index is 11.4. The molecule has 0 aliphatic carbocycles. The van der Waals surface area contributed by atoms with E-state index < -0.39 is 29.1 Å². The molecular formula is C18H25NO5. The Morgan fingerprint density at radius 3 is 2.38 bits per heavy atom. The fourth-order valence-electron chi connectivity index (χ4n) is 3.37. The summed E-state index contributed by atoms with van der Waals surface area (Å²) in [6, 6.07) is 0. The molecule has 0 saturated carbocycles. The SMILES string of the molecule is CC(=O)OC(C[N+](=O)[O-])C1(C)CCc2c(C)c(C)c(C)c(C)c2O1. The van der Waals surface area contributed by atoms with Crippen LogP contribution in [0.1, 0.15) is 48.1 Å². The topological polar surface area (TPSA) is 78.7 Å². The predicted molar refractivity (Wildman–Crippen MR) is 90.2 cm³/mol. The van der Waals surface area contributed by atoms with Crippen molar-refractivity contribution >= 4 is 5.97 Å². The van der Waals surface area contributed by atoms with Crippen LogP contribution in [0, 0.1) is 37.8 Å². The third-order valence-corrected chi connectivity index (χ3v) is 5.27. The minimum absolute atomic E-state index is 0.462. The van der Waals surface area contributed by atoms with Gasteiger partial charge in [0, 0.05) is 11.8 Å². The summed E-state index contributed by atoms with van der Waals surface area (Å²) in [5.41, 5.74) is 4.89. The van der Waals surface area contributed by atoms with E-state index >= 15 is 0 Å². The molecule has 24 heavy (non-hydrogen) atoms. The molecule has 132 valence electrons. The Hall–Kier alpha value is -2.11. The van der Waals surface area contributed by atoms with Crippen molar-refractivity contribution in [2.45, 2.75) is 66.1 Å². The fourth-order valence-corrected chi connectivity index (χ4v) is 3.37. The number of benzene rings is 1. The first-order valence-electron chi connectivity index (χ1n) is 8.14. The van der Waals surface area contributed by atoms with Gasteiger partial charge in [-0.15, -0.1) is 0 Å². The van der Waals surface area contributed by atoms with E-state index in [2.05, 4.69) is 13.8 Å². The molecule has 0 bridgehead atoms. The number of ether oxygens (including phenoxy) is 2. The lowest BCUT2D eigenvalue weighted by atomic mass is 9.83. The van der Waals surface area contributed by atoms with Crippen molar-refractivity contribution in [2.24, 2.45) is 0 Å².